The molecule has 1 atom stereocenters. The fourth-order valence-electron chi connectivity index (χ4n) is 1.28. The summed E-state index contributed by atoms with van der Waals surface area (Å²) >= 11 is 0. The van der Waals surface area contributed by atoms with Crippen molar-refractivity contribution in [2.45, 2.75) is 13.0 Å². The third kappa shape index (κ3) is 4.31. The lowest BCUT2D eigenvalue weighted by molar-refractivity contribution is 0.0809. The summed E-state index contributed by atoms with van der Waals surface area (Å²) in [5.74, 6) is 0.775. The minimum absolute atomic E-state index is 0.0270. The van der Waals surface area contributed by atoms with Crippen LogP contribution >= 0.6 is 0 Å². The fraction of sp³-hybridized carbons (Fsp3) is 0.700. The molecule has 0 spiro atoms. The van der Waals surface area contributed by atoms with Gasteiger partial charge in [0.15, 0.2) is 5.75 Å². The molecule has 0 aliphatic rings. The summed E-state index contributed by atoms with van der Waals surface area (Å²) in [5, 5.41) is 7.27. The second-order valence-electron chi connectivity index (χ2n) is 3.35. The van der Waals surface area contributed by atoms with Crippen molar-refractivity contribution >= 4 is 0 Å². The lowest BCUT2D eigenvalue weighted by Crippen LogP contribution is -2.34. The Labute approximate surface area is 90.4 Å². The number of aryl methyl sites for hydroxylation is 1. The van der Waals surface area contributed by atoms with Crippen LogP contribution in [-0.4, -0.2) is 42.7 Å². The molecular weight excluding hydrogens is 194 g/mol. The van der Waals surface area contributed by atoms with Gasteiger partial charge in [0, 0.05) is 20.7 Å². The number of ether oxygens (including phenoxy) is 2. The topological polar surface area (TPSA) is 48.3 Å². The van der Waals surface area contributed by atoms with E-state index in [9.17, 15) is 0 Å². The van der Waals surface area contributed by atoms with Crippen molar-refractivity contribution in [3.05, 3.63) is 12.4 Å². The standard InChI is InChI=1S/C10H19N3O2/c1-4-11-5-10(8-14-3)15-9-6-12-13(2)7-9/h6-7,10-11H,4-5,8H2,1-3H3. The Morgan fingerprint density at radius 2 is 2.40 bits per heavy atom. The van der Waals surface area contributed by atoms with Crippen molar-refractivity contribution in [3.8, 4) is 5.75 Å². The Morgan fingerprint density at radius 1 is 1.60 bits per heavy atom. The van der Waals surface area contributed by atoms with E-state index >= 15 is 0 Å². The van der Waals surface area contributed by atoms with E-state index in [0.29, 0.717) is 6.61 Å². The Kier molecular flexibility index (Phi) is 5.14. The highest BCUT2D eigenvalue weighted by Gasteiger charge is 2.10. The van der Waals surface area contributed by atoms with Crippen LogP contribution in [0.4, 0.5) is 0 Å². The van der Waals surface area contributed by atoms with Crippen LogP contribution in [0.1, 0.15) is 6.92 Å². The third-order valence-electron chi connectivity index (χ3n) is 1.96. The molecule has 0 fully saturated rings. The lowest BCUT2D eigenvalue weighted by atomic mass is 10.3. The van der Waals surface area contributed by atoms with Gasteiger partial charge >= 0.3 is 0 Å². The van der Waals surface area contributed by atoms with Gasteiger partial charge in [-0.25, -0.2) is 0 Å². The van der Waals surface area contributed by atoms with Crippen LogP contribution in [0.3, 0.4) is 0 Å². The molecule has 1 unspecified atom stereocenters. The second kappa shape index (κ2) is 6.42. The minimum Gasteiger partial charge on any atom is -0.483 e. The average molecular weight is 213 g/mol. The zero-order valence-corrected chi connectivity index (χ0v) is 9.56. The van der Waals surface area contributed by atoms with Crippen molar-refractivity contribution < 1.29 is 9.47 Å². The molecule has 1 heterocycles. The van der Waals surface area contributed by atoms with E-state index in [1.165, 1.54) is 0 Å². The molecule has 15 heavy (non-hydrogen) atoms. The first-order chi connectivity index (χ1) is 7.26. The fourth-order valence-corrected chi connectivity index (χ4v) is 1.28. The number of hydrogen-bond acceptors (Lipinski definition) is 4. The predicted octanol–water partition coefficient (Wildman–Crippen LogP) is 0.423. The van der Waals surface area contributed by atoms with Gasteiger partial charge in [0.25, 0.3) is 0 Å². The summed E-state index contributed by atoms with van der Waals surface area (Å²) in [6.45, 7) is 4.34. The number of hydrogen-bond donors (Lipinski definition) is 1. The summed E-state index contributed by atoms with van der Waals surface area (Å²) in [4.78, 5) is 0. The zero-order valence-electron chi connectivity index (χ0n) is 9.56. The van der Waals surface area contributed by atoms with Crippen LogP contribution in [0.15, 0.2) is 12.4 Å². The minimum atomic E-state index is 0.0270. The van der Waals surface area contributed by atoms with Crippen LogP contribution in [0.5, 0.6) is 5.75 Å². The van der Waals surface area contributed by atoms with Crippen molar-refractivity contribution in [1.29, 1.82) is 0 Å². The first-order valence-electron chi connectivity index (χ1n) is 5.11. The van der Waals surface area contributed by atoms with E-state index in [1.54, 1.807) is 18.0 Å². The molecule has 1 aromatic heterocycles. The Balaban J connectivity index is 2.42. The van der Waals surface area contributed by atoms with E-state index < -0.39 is 0 Å². The SMILES string of the molecule is CCNCC(COC)Oc1cnn(C)c1. The van der Waals surface area contributed by atoms with Gasteiger partial charge in [-0.15, -0.1) is 0 Å². The summed E-state index contributed by atoms with van der Waals surface area (Å²) in [6.07, 6.45) is 3.57. The lowest BCUT2D eigenvalue weighted by Gasteiger charge is -2.17. The van der Waals surface area contributed by atoms with Gasteiger partial charge in [0.05, 0.1) is 19.0 Å². The highest BCUT2D eigenvalue weighted by atomic mass is 16.5. The van der Waals surface area contributed by atoms with E-state index in [0.717, 1.165) is 18.8 Å². The van der Waals surface area contributed by atoms with Gasteiger partial charge in [0.2, 0.25) is 0 Å². The molecule has 0 amide bonds. The average Bonchev–Trinajstić information content (AvgIpc) is 2.61. The smallest absolute Gasteiger partial charge is 0.157 e. The largest absolute Gasteiger partial charge is 0.483 e. The molecule has 0 bridgehead atoms. The van der Waals surface area contributed by atoms with Crippen LogP contribution in [-0.2, 0) is 11.8 Å². The molecule has 0 aromatic carbocycles. The Morgan fingerprint density at radius 3 is 2.93 bits per heavy atom. The highest BCUT2D eigenvalue weighted by molar-refractivity contribution is 5.11. The Bertz CT molecular complexity index is 275. The third-order valence-corrected chi connectivity index (χ3v) is 1.96. The van der Waals surface area contributed by atoms with Gasteiger partial charge in [-0.2, -0.15) is 5.10 Å². The molecular formula is C10H19N3O2. The van der Waals surface area contributed by atoms with Crippen LogP contribution in [0.2, 0.25) is 0 Å². The van der Waals surface area contributed by atoms with Gasteiger partial charge in [-0.3, -0.25) is 4.68 Å². The number of nitrogens with one attached hydrogen (secondary N) is 1. The molecule has 1 rings (SSSR count). The van der Waals surface area contributed by atoms with Crippen molar-refractivity contribution in [3.63, 3.8) is 0 Å². The van der Waals surface area contributed by atoms with Crippen LogP contribution < -0.4 is 10.1 Å². The number of rotatable bonds is 7. The Hall–Kier alpha value is -1.07. The van der Waals surface area contributed by atoms with Crippen molar-refractivity contribution in [2.24, 2.45) is 7.05 Å². The predicted molar refractivity (Wildman–Crippen MR) is 58.0 cm³/mol. The summed E-state index contributed by atoms with van der Waals surface area (Å²) in [6, 6.07) is 0. The van der Waals surface area contributed by atoms with Crippen molar-refractivity contribution in [2.75, 3.05) is 26.8 Å². The molecule has 0 aliphatic heterocycles. The molecule has 1 aromatic rings. The number of aromatic nitrogens is 2. The molecule has 0 saturated carbocycles. The second-order valence-corrected chi connectivity index (χ2v) is 3.35. The summed E-state index contributed by atoms with van der Waals surface area (Å²) < 4.78 is 12.5. The normalized spacial score (nSPS) is 12.7. The van der Waals surface area contributed by atoms with Gasteiger partial charge in [-0.05, 0) is 6.54 Å². The summed E-state index contributed by atoms with van der Waals surface area (Å²) in [7, 11) is 3.54. The first kappa shape index (κ1) is 12.0. The van der Waals surface area contributed by atoms with E-state index in [-0.39, 0.29) is 6.10 Å². The molecule has 5 nitrogen and oxygen atoms in total. The molecule has 0 radical (unpaired) electrons. The molecule has 0 saturated heterocycles. The van der Waals surface area contributed by atoms with Crippen LogP contribution in [0, 0.1) is 0 Å². The van der Waals surface area contributed by atoms with E-state index in [2.05, 4.69) is 17.3 Å². The monoisotopic (exact) mass is 213 g/mol. The van der Waals surface area contributed by atoms with Gasteiger partial charge in [0.1, 0.15) is 6.10 Å². The summed E-state index contributed by atoms with van der Waals surface area (Å²) in [5.41, 5.74) is 0. The van der Waals surface area contributed by atoms with Crippen LogP contribution in [0.25, 0.3) is 0 Å². The maximum atomic E-state index is 5.71. The molecule has 86 valence electrons. The zero-order chi connectivity index (χ0) is 11.1. The number of likely N-dealkylation sites (N-methyl/N-ethyl adjacent to an activating group) is 1. The quantitative estimate of drug-likeness (QED) is 0.713. The van der Waals surface area contributed by atoms with Crippen molar-refractivity contribution in [1.82, 2.24) is 15.1 Å². The first-order valence-corrected chi connectivity index (χ1v) is 5.11. The molecule has 1 N–H and O–H groups in total. The van der Waals surface area contributed by atoms with E-state index in [4.69, 9.17) is 9.47 Å². The van der Waals surface area contributed by atoms with E-state index in [1.807, 2.05) is 13.2 Å². The molecule has 5 heteroatoms. The maximum Gasteiger partial charge on any atom is 0.157 e. The maximum absolute atomic E-state index is 5.71. The highest BCUT2D eigenvalue weighted by Crippen LogP contribution is 2.09. The molecule has 0 aliphatic carbocycles. The number of nitrogens with zero attached hydrogens (tertiary/aromatic N) is 2. The van der Waals surface area contributed by atoms with Gasteiger partial charge in [-0.1, -0.05) is 6.92 Å². The number of methoxy groups -OCH3 is 1. The van der Waals surface area contributed by atoms with Gasteiger partial charge < -0.3 is 14.8 Å².